The molecule has 0 spiro atoms. The van der Waals surface area contributed by atoms with Gasteiger partial charge in [-0.25, -0.2) is 0 Å². The number of benzene rings is 2. The molecule has 0 bridgehead atoms. The average Bonchev–Trinajstić information content (AvgIpc) is 2.79. The molecule has 2 N–H and O–H groups in total. The standard InChI is InChI=1S/C25H34N4O2.HI/c1-26-25(28-18-21-8-4-5-12-24(21)31-23-10-6-11-23)27-17-20-7-2-3-9-22(20)19-29-13-15-30-16-14-29;/h2-5,7-9,12,23H,6,10-11,13-19H2,1H3,(H2,26,27,28);1H. The van der Waals surface area contributed by atoms with E-state index in [9.17, 15) is 0 Å². The van der Waals surface area contributed by atoms with E-state index in [2.05, 4.69) is 63.0 Å². The maximum absolute atomic E-state index is 6.15. The van der Waals surface area contributed by atoms with Gasteiger partial charge in [-0.3, -0.25) is 9.89 Å². The van der Waals surface area contributed by atoms with Crippen LogP contribution in [0.3, 0.4) is 0 Å². The first kappa shape index (κ1) is 24.8. The Kier molecular flexibility index (Phi) is 10.1. The molecule has 0 radical (unpaired) electrons. The minimum Gasteiger partial charge on any atom is -0.490 e. The van der Waals surface area contributed by atoms with E-state index in [1.807, 2.05) is 13.1 Å². The molecule has 2 aromatic carbocycles. The van der Waals surface area contributed by atoms with E-state index in [4.69, 9.17) is 9.47 Å². The second kappa shape index (κ2) is 13.0. The fourth-order valence-corrected chi connectivity index (χ4v) is 3.90. The quantitative estimate of drug-likeness (QED) is 0.297. The molecule has 2 aliphatic rings. The van der Waals surface area contributed by atoms with Crippen molar-refractivity contribution in [2.45, 2.75) is 45.0 Å². The smallest absolute Gasteiger partial charge is 0.191 e. The monoisotopic (exact) mass is 550 g/mol. The van der Waals surface area contributed by atoms with Crippen LogP contribution in [0.1, 0.15) is 36.0 Å². The van der Waals surface area contributed by atoms with Crippen LogP contribution in [0, 0.1) is 0 Å². The molecule has 0 unspecified atom stereocenters. The molecular weight excluding hydrogens is 515 g/mol. The number of guanidine groups is 1. The molecule has 1 heterocycles. The second-order valence-electron chi connectivity index (χ2n) is 8.22. The number of nitrogens with zero attached hydrogens (tertiary/aromatic N) is 2. The molecule has 174 valence electrons. The Morgan fingerprint density at radius 1 is 0.969 bits per heavy atom. The van der Waals surface area contributed by atoms with Crippen LogP contribution in [0.2, 0.25) is 0 Å². The van der Waals surface area contributed by atoms with Gasteiger partial charge in [-0.2, -0.15) is 0 Å². The van der Waals surface area contributed by atoms with E-state index in [1.54, 1.807) is 0 Å². The normalized spacial score (nSPS) is 17.2. The van der Waals surface area contributed by atoms with Crippen LogP contribution < -0.4 is 15.4 Å². The molecule has 0 aromatic heterocycles. The summed E-state index contributed by atoms with van der Waals surface area (Å²) in [6.07, 6.45) is 3.97. The lowest BCUT2D eigenvalue weighted by molar-refractivity contribution is 0.0341. The number of ether oxygens (including phenoxy) is 2. The van der Waals surface area contributed by atoms with Gasteiger partial charge in [0.1, 0.15) is 5.75 Å². The lowest BCUT2D eigenvalue weighted by Crippen LogP contribution is -2.37. The molecule has 1 saturated heterocycles. The minimum atomic E-state index is 0. The van der Waals surface area contributed by atoms with Gasteiger partial charge in [-0.05, 0) is 36.5 Å². The maximum Gasteiger partial charge on any atom is 0.191 e. The number of morpholine rings is 1. The number of aliphatic imine (C=N–C) groups is 1. The van der Waals surface area contributed by atoms with Crippen LogP contribution in [0.25, 0.3) is 0 Å². The Morgan fingerprint density at radius 3 is 2.25 bits per heavy atom. The Bertz CT molecular complexity index is 867. The largest absolute Gasteiger partial charge is 0.490 e. The van der Waals surface area contributed by atoms with Crippen molar-refractivity contribution in [1.82, 2.24) is 15.5 Å². The molecule has 2 aromatic rings. The Balaban J connectivity index is 0.00000289. The first-order chi connectivity index (χ1) is 15.3. The third-order valence-electron chi connectivity index (χ3n) is 6.05. The van der Waals surface area contributed by atoms with Gasteiger partial charge in [-0.15, -0.1) is 24.0 Å². The molecule has 1 aliphatic heterocycles. The number of rotatable bonds is 8. The number of hydrogen-bond donors (Lipinski definition) is 2. The number of para-hydroxylation sites is 1. The average molecular weight is 550 g/mol. The molecule has 6 nitrogen and oxygen atoms in total. The van der Waals surface area contributed by atoms with E-state index >= 15 is 0 Å². The highest BCUT2D eigenvalue weighted by molar-refractivity contribution is 14.0. The Morgan fingerprint density at radius 2 is 1.59 bits per heavy atom. The van der Waals surface area contributed by atoms with Crippen molar-refractivity contribution >= 4 is 29.9 Å². The summed E-state index contributed by atoms with van der Waals surface area (Å²) >= 11 is 0. The molecule has 7 heteroatoms. The van der Waals surface area contributed by atoms with Gasteiger partial charge in [0.2, 0.25) is 0 Å². The third kappa shape index (κ3) is 7.08. The lowest BCUT2D eigenvalue weighted by atomic mass is 9.96. The van der Waals surface area contributed by atoms with Gasteiger partial charge < -0.3 is 20.1 Å². The predicted molar refractivity (Wildman–Crippen MR) is 140 cm³/mol. The van der Waals surface area contributed by atoms with Gasteiger partial charge in [0.15, 0.2) is 5.96 Å². The van der Waals surface area contributed by atoms with Gasteiger partial charge in [0.05, 0.1) is 19.3 Å². The highest BCUT2D eigenvalue weighted by atomic mass is 127. The first-order valence-electron chi connectivity index (χ1n) is 11.4. The van der Waals surface area contributed by atoms with E-state index in [-0.39, 0.29) is 24.0 Å². The molecule has 4 rings (SSSR count). The summed E-state index contributed by atoms with van der Waals surface area (Å²) < 4.78 is 11.6. The van der Waals surface area contributed by atoms with Crippen molar-refractivity contribution in [3.05, 3.63) is 65.2 Å². The van der Waals surface area contributed by atoms with Crippen molar-refractivity contribution in [1.29, 1.82) is 0 Å². The summed E-state index contributed by atoms with van der Waals surface area (Å²) in [5, 5.41) is 6.91. The van der Waals surface area contributed by atoms with Crippen LogP contribution in [-0.2, 0) is 24.4 Å². The lowest BCUT2D eigenvalue weighted by Gasteiger charge is -2.28. The number of nitrogens with one attached hydrogen (secondary N) is 2. The summed E-state index contributed by atoms with van der Waals surface area (Å²) in [6.45, 7) is 6.00. The second-order valence-corrected chi connectivity index (χ2v) is 8.22. The Labute approximate surface area is 208 Å². The summed E-state index contributed by atoms with van der Waals surface area (Å²) in [5.41, 5.74) is 3.81. The molecule has 1 saturated carbocycles. The van der Waals surface area contributed by atoms with Gasteiger partial charge in [0.25, 0.3) is 0 Å². The third-order valence-corrected chi connectivity index (χ3v) is 6.05. The van der Waals surface area contributed by atoms with Gasteiger partial charge in [-0.1, -0.05) is 42.5 Å². The Hall–Kier alpha value is -1.84. The van der Waals surface area contributed by atoms with Crippen LogP contribution in [-0.4, -0.2) is 50.3 Å². The number of halogens is 1. The van der Waals surface area contributed by atoms with E-state index in [0.29, 0.717) is 12.6 Å². The molecule has 0 atom stereocenters. The zero-order valence-corrected chi connectivity index (χ0v) is 21.2. The van der Waals surface area contributed by atoms with Crippen molar-refractivity contribution in [3.8, 4) is 5.75 Å². The molecule has 0 amide bonds. The van der Waals surface area contributed by atoms with Crippen LogP contribution in [0.4, 0.5) is 0 Å². The summed E-state index contributed by atoms with van der Waals surface area (Å²) in [4.78, 5) is 6.86. The zero-order valence-electron chi connectivity index (χ0n) is 18.9. The van der Waals surface area contributed by atoms with Crippen LogP contribution >= 0.6 is 24.0 Å². The van der Waals surface area contributed by atoms with E-state index < -0.39 is 0 Å². The molecule has 1 aliphatic carbocycles. The van der Waals surface area contributed by atoms with Crippen molar-refractivity contribution in [2.75, 3.05) is 33.4 Å². The highest BCUT2D eigenvalue weighted by Crippen LogP contribution is 2.27. The van der Waals surface area contributed by atoms with Gasteiger partial charge in [0, 0.05) is 45.3 Å². The summed E-state index contributed by atoms with van der Waals surface area (Å²) in [5.74, 6) is 1.77. The van der Waals surface area contributed by atoms with Crippen molar-refractivity contribution < 1.29 is 9.47 Å². The fraction of sp³-hybridized carbons (Fsp3) is 0.480. The van der Waals surface area contributed by atoms with Crippen LogP contribution in [0.15, 0.2) is 53.5 Å². The zero-order chi connectivity index (χ0) is 21.3. The molecule has 32 heavy (non-hydrogen) atoms. The summed E-state index contributed by atoms with van der Waals surface area (Å²) in [6, 6.07) is 16.9. The summed E-state index contributed by atoms with van der Waals surface area (Å²) in [7, 11) is 1.81. The van der Waals surface area contributed by atoms with Crippen LogP contribution in [0.5, 0.6) is 5.75 Å². The van der Waals surface area contributed by atoms with Gasteiger partial charge >= 0.3 is 0 Å². The molecular formula is C25H35IN4O2. The van der Waals surface area contributed by atoms with Crippen molar-refractivity contribution in [2.24, 2.45) is 4.99 Å². The SMILES string of the molecule is CN=C(NCc1ccccc1CN1CCOCC1)NCc1ccccc1OC1CCC1.I. The molecule has 2 fully saturated rings. The minimum absolute atomic E-state index is 0. The predicted octanol–water partition coefficient (Wildman–Crippen LogP) is 3.93. The highest BCUT2D eigenvalue weighted by Gasteiger charge is 2.20. The fourth-order valence-electron chi connectivity index (χ4n) is 3.90. The topological polar surface area (TPSA) is 58.1 Å². The van der Waals surface area contributed by atoms with E-state index in [0.717, 1.165) is 69.5 Å². The van der Waals surface area contributed by atoms with Crippen molar-refractivity contribution in [3.63, 3.8) is 0 Å². The first-order valence-corrected chi connectivity index (χ1v) is 11.4. The van der Waals surface area contributed by atoms with E-state index in [1.165, 1.54) is 17.5 Å². The number of hydrogen-bond acceptors (Lipinski definition) is 4. The maximum atomic E-state index is 6.15.